The van der Waals surface area contributed by atoms with Crippen LogP contribution in [-0.4, -0.2) is 77.5 Å². The summed E-state index contributed by atoms with van der Waals surface area (Å²) >= 11 is 0. The molecule has 1 aromatic carbocycles. The van der Waals surface area contributed by atoms with Gasteiger partial charge in [0.05, 0.1) is 0 Å². The van der Waals surface area contributed by atoms with E-state index in [2.05, 4.69) is 4.90 Å². The summed E-state index contributed by atoms with van der Waals surface area (Å²) in [6.45, 7) is 5.68. The van der Waals surface area contributed by atoms with Crippen LogP contribution in [0.4, 0.5) is 0 Å². The summed E-state index contributed by atoms with van der Waals surface area (Å²) in [7, 11) is 0. The van der Waals surface area contributed by atoms with Crippen molar-refractivity contribution < 1.29 is 19.7 Å². The molecular formula is C17H26N2O4. The van der Waals surface area contributed by atoms with E-state index in [1.807, 2.05) is 42.2 Å². The van der Waals surface area contributed by atoms with Crippen LogP contribution >= 0.6 is 0 Å². The molecule has 0 aromatic heterocycles. The molecule has 0 saturated carbocycles. The molecule has 1 saturated heterocycles. The zero-order chi connectivity index (χ0) is 16.7. The van der Waals surface area contributed by atoms with Gasteiger partial charge in [-0.3, -0.25) is 14.6 Å². The van der Waals surface area contributed by atoms with E-state index < -0.39 is 18.1 Å². The number of aliphatic hydroxyl groups is 1. The molecule has 1 heterocycles. The fourth-order valence-electron chi connectivity index (χ4n) is 2.91. The van der Waals surface area contributed by atoms with Gasteiger partial charge in [-0.2, -0.15) is 0 Å². The molecule has 0 radical (unpaired) electrons. The first-order valence-electron chi connectivity index (χ1n) is 8.15. The molecule has 2 atom stereocenters. The number of benzene rings is 1. The molecule has 1 fully saturated rings. The molecule has 0 bridgehead atoms. The van der Waals surface area contributed by atoms with Crippen LogP contribution in [0, 0.1) is 0 Å². The van der Waals surface area contributed by atoms with Gasteiger partial charge in [0.2, 0.25) is 0 Å². The highest BCUT2D eigenvalue weighted by Gasteiger charge is 2.27. The Morgan fingerprint density at radius 1 is 1.22 bits per heavy atom. The second-order valence-corrected chi connectivity index (χ2v) is 5.88. The van der Waals surface area contributed by atoms with Gasteiger partial charge < -0.3 is 14.9 Å². The standard InChI is InChI=1S/C17H26N2O4/c1-2-16(17(21)22)19-10-8-18(9-11-19)12-14(20)13-23-15-6-4-3-5-7-15/h3-7,14,16,20H,2,8-13H2,1H3,(H,21,22). The average Bonchev–Trinajstić information content (AvgIpc) is 2.56. The zero-order valence-electron chi connectivity index (χ0n) is 13.6. The number of nitrogens with zero attached hydrogens (tertiary/aromatic N) is 2. The van der Waals surface area contributed by atoms with Crippen LogP contribution in [0.15, 0.2) is 30.3 Å². The molecule has 6 nitrogen and oxygen atoms in total. The Morgan fingerprint density at radius 3 is 2.43 bits per heavy atom. The Kier molecular flexibility index (Phi) is 6.83. The first-order chi connectivity index (χ1) is 11.1. The quantitative estimate of drug-likeness (QED) is 0.741. The van der Waals surface area contributed by atoms with Gasteiger partial charge in [0.25, 0.3) is 0 Å². The second kappa shape index (κ2) is 8.86. The summed E-state index contributed by atoms with van der Waals surface area (Å²) in [4.78, 5) is 15.4. The van der Waals surface area contributed by atoms with Crippen molar-refractivity contribution in [3.63, 3.8) is 0 Å². The molecule has 1 aromatic rings. The van der Waals surface area contributed by atoms with Crippen LogP contribution in [0.3, 0.4) is 0 Å². The van der Waals surface area contributed by atoms with Gasteiger partial charge in [-0.05, 0) is 18.6 Å². The highest BCUT2D eigenvalue weighted by Crippen LogP contribution is 2.11. The number of hydrogen-bond donors (Lipinski definition) is 2. The minimum Gasteiger partial charge on any atom is -0.491 e. The largest absolute Gasteiger partial charge is 0.491 e. The fraction of sp³-hybridized carbons (Fsp3) is 0.588. The molecule has 128 valence electrons. The van der Waals surface area contributed by atoms with E-state index in [1.165, 1.54) is 0 Å². The average molecular weight is 322 g/mol. The van der Waals surface area contributed by atoms with Crippen molar-refractivity contribution in [1.82, 2.24) is 9.80 Å². The summed E-state index contributed by atoms with van der Waals surface area (Å²) in [6.07, 6.45) is 0.0614. The smallest absolute Gasteiger partial charge is 0.320 e. The molecule has 1 aliphatic heterocycles. The number of aliphatic carboxylic acids is 1. The molecule has 1 aliphatic rings. The number of para-hydroxylation sites is 1. The molecule has 2 rings (SSSR count). The van der Waals surface area contributed by atoms with E-state index in [0.717, 1.165) is 31.9 Å². The van der Waals surface area contributed by atoms with Crippen LogP contribution in [0.1, 0.15) is 13.3 Å². The molecular weight excluding hydrogens is 296 g/mol. The number of piperazine rings is 1. The predicted octanol–water partition coefficient (Wildman–Crippen LogP) is 0.907. The Labute approximate surface area is 137 Å². The highest BCUT2D eigenvalue weighted by molar-refractivity contribution is 5.73. The third kappa shape index (κ3) is 5.49. The Morgan fingerprint density at radius 2 is 1.87 bits per heavy atom. The van der Waals surface area contributed by atoms with Gasteiger partial charge in [0, 0.05) is 32.7 Å². The van der Waals surface area contributed by atoms with Crippen LogP contribution in [0.25, 0.3) is 0 Å². The van der Waals surface area contributed by atoms with Crippen molar-refractivity contribution in [2.24, 2.45) is 0 Å². The lowest BCUT2D eigenvalue weighted by Crippen LogP contribution is -2.53. The molecule has 2 unspecified atom stereocenters. The number of carboxylic acids is 1. The predicted molar refractivity (Wildman–Crippen MR) is 87.7 cm³/mol. The van der Waals surface area contributed by atoms with E-state index in [1.54, 1.807) is 0 Å². The third-order valence-electron chi connectivity index (χ3n) is 4.17. The van der Waals surface area contributed by atoms with Crippen LogP contribution in [0.5, 0.6) is 5.75 Å². The maximum absolute atomic E-state index is 11.2. The van der Waals surface area contributed by atoms with E-state index >= 15 is 0 Å². The Bertz CT molecular complexity index is 475. The SMILES string of the molecule is CCC(C(=O)O)N1CCN(CC(O)COc2ccccc2)CC1. The van der Waals surface area contributed by atoms with E-state index in [0.29, 0.717) is 13.0 Å². The first kappa shape index (κ1) is 17.7. The lowest BCUT2D eigenvalue weighted by Gasteiger charge is -2.38. The van der Waals surface area contributed by atoms with Crippen molar-refractivity contribution in [3.05, 3.63) is 30.3 Å². The minimum absolute atomic E-state index is 0.261. The van der Waals surface area contributed by atoms with Crippen LogP contribution < -0.4 is 4.74 Å². The number of carbonyl (C=O) groups is 1. The Hall–Kier alpha value is -1.63. The molecule has 0 spiro atoms. The van der Waals surface area contributed by atoms with Gasteiger partial charge in [-0.25, -0.2) is 0 Å². The first-order valence-corrected chi connectivity index (χ1v) is 8.15. The Balaban J connectivity index is 1.70. The number of rotatable bonds is 8. The van der Waals surface area contributed by atoms with Crippen molar-refractivity contribution >= 4 is 5.97 Å². The summed E-state index contributed by atoms with van der Waals surface area (Å²) in [5.41, 5.74) is 0. The van der Waals surface area contributed by atoms with Crippen molar-refractivity contribution in [2.45, 2.75) is 25.5 Å². The van der Waals surface area contributed by atoms with Crippen molar-refractivity contribution in [1.29, 1.82) is 0 Å². The van der Waals surface area contributed by atoms with Crippen molar-refractivity contribution in [2.75, 3.05) is 39.3 Å². The zero-order valence-corrected chi connectivity index (χ0v) is 13.6. The fourth-order valence-corrected chi connectivity index (χ4v) is 2.91. The number of aliphatic hydroxyl groups excluding tert-OH is 1. The van der Waals surface area contributed by atoms with Gasteiger partial charge in [-0.1, -0.05) is 25.1 Å². The van der Waals surface area contributed by atoms with E-state index in [4.69, 9.17) is 4.74 Å². The van der Waals surface area contributed by atoms with E-state index in [-0.39, 0.29) is 6.61 Å². The third-order valence-corrected chi connectivity index (χ3v) is 4.17. The molecule has 2 N–H and O–H groups in total. The normalized spacial score (nSPS) is 19.2. The summed E-state index contributed by atoms with van der Waals surface area (Å²) in [5.74, 6) is 0.000797. The maximum Gasteiger partial charge on any atom is 0.320 e. The topological polar surface area (TPSA) is 73.2 Å². The number of carboxylic acid groups (broad SMARTS) is 1. The number of β-amino-alcohol motifs (C(OH)–C–C–N with tert-alkyl or cyclic N) is 1. The highest BCUT2D eigenvalue weighted by atomic mass is 16.5. The van der Waals surface area contributed by atoms with Crippen molar-refractivity contribution in [3.8, 4) is 5.75 Å². The monoisotopic (exact) mass is 322 g/mol. The molecule has 23 heavy (non-hydrogen) atoms. The van der Waals surface area contributed by atoms with Gasteiger partial charge >= 0.3 is 5.97 Å². The van der Waals surface area contributed by atoms with E-state index in [9.17, 15) is 15.0 Å². The van der Waals surface area contributed by atoms with Gasteiger partial charge in [0.1, 0.15) is 24.5 Å². The molecule has 6 heteroatoms. The second-order valence-electron chi connectivity index (χ2n) is 5.88. The minimum atomic E-state index is -0.753. The molecule has 0 aliphatic carbocycles. The summed E-state index contributed by atoms with van der Waals surface area (Å²) < 4.78 is 5.55. The van der Waals surface area contributed by atoms with Crippen LogP contribution in [-0.2, 0) is 4.79 Å². The number of ether oxygens (including phenoxy) is 1. The van der Waals surface area contributed by atoms with Gasteiger partial charge in [0.15, 0.2) is 0 Å². The maximum atomic E-state index is 11.2. The summed E-state index contributed by atoms with van der Waals surface area (Å²) in [5, 5.41) is 19.3. The van der Waals surface area contributed by atoms with Gasteiger partial charge in [-0.15, -0.1) is 0 Å². The van der Waals surface area contributed by atoms with Crippen LogP contribution in [0.2, 0.25) is 0 Å². The number of hydrogen-bond acceptors (Lipinski definition) is 5. The summed E-state index contributed by atoms with van der Waals surface area (Å²) in [6, 6.07) is 9.04. The lowest BCUT2D eigenvalue weighted by molar-refractivity contribution is -0.144. The lowest BCUT2D eigenvalue weighted by atomic mass is 10.1. The molecule has 0 amide bonds.